The Morgan fingerprint density at radius 1 is 1.18 bits per heavy atom. The van der Waals surface area contributed by atoms with E-state index in [0.717, 1.165) is 18.3 Å². The quantitative estimate of drug-likeness (QED) is 0.545. The molecule has 1 atom stereocenters. The Morgan fingerprint density at radius 2 is 1.84 bits per heavy atom. The second-order valence-corrected chi connectivity index (χ2v) is 8.33. The first-order valence-corrected chi connectivity index (χ1v) is 11.5. The Morgan fingerprint density at radius 3 is 2.39 bits per heavy atom. The van der Waals surface area contributed by atoms with Gasteiger partial charge in [0.2, 0.25) is 0 Å². The van der Waals surface area contributed by atoms with Crippen molar-refractivity contribution < 1.29 is 27.5 Å². The average Bonchev–Trinajstić information content (AvgIpc) is 2.88. The Bertz CT molecular complexity index is 1370. The lowest BCUT2D eigenvalue weighted by atomic mass is 9.79. The monoisotopic (exact) mass is 525 g/mol. The predicted molar refractivity (Wildman–Crippen MR) is 134 cm³/mol. The number of benzene rings is 2. The van der Waals surface area contributed by atoms with Gasteiger partial charge in [-0.15, -0.1) is 0 Å². The molecule has 2 aromatic carbocycles. The van der Waals surface area contributed by atoms with Gasteiger partial charge in [0.25, 0.3) is 5.91 Å². The first kappa shape index (κ1) is 27.9. The predicted octanol–water partition coefficient (Wildman–Crippen LogP) is 4.08. The van der Waals surface area contributed by atoms with Crippen molar-refractivity contribution in [3.63, 3.8) is 0 Å². The highest BCUT2D eigenvalue weighted by Crippen LogP contribution is 2.44. The molecule has 0 aliphatic carbocycles. The molecule has 1 amide bonds. The Labute approximate surface area is 217 Å². The fraction of sp³-hybridized carbons (Fsp3) is 0.222. The molecule has 11 heteroatoms. The van der Waals surface area contributed by atoms with Crippen LogP contribution in [0.4, 0.5) is 18.9 Å². The van der Waals surface area contributed by atoms with E-state index >= 15 is 0 Å². The maximum atomic E-state index is 13.7. The molecule has 0 radical (unpaired) electrons. The molecule has 0 bridgehead atoms. The maximum absolute atomic E-state index is 13.7. The van der Waals surface area contributed by atoms with Gasteiger partial charge < -0.3 is 26.0 Å². The molecule has 0 spiro atoms. The molecule has 1 aliphatic rings. The largest absolute Gasteiger partial charge is 0.463 e. The molecule has 4 N–H and O–H groups in total. The summed E-state index contributed by atoms with van der Waals surface area (Å²) in [6.45, 7) is 3.10. The third kappa shape index (κ3) is 5.34. The summed E-state index contributed by atoms with van der Waals surface area (Å²) >= 11 is 0. The highest BCUT2D eigenvalue weighted by Gasteiger charge is 2.42. The number of alkyl halides is 3. The van der Waals surface area contributed by atoms with Crippen molar-refractivity contribution in [3.8, 4) is 6.07 Å². The number of ether oxygens (including phenoxy) is 1. The number of hydrogen-bond acceptors (Lipinski definition) is 7. The van der Waals surface area contributed by atoms with Crippen LogP contribution in [0.2, 0.25) is 0 Å². The molecule has 1 aliphatic heterocycles. The Kier molecular flexibility index (Phi) is 8.16. The number of esters is 1. The first-order valence-electron chi connectivity index (χ1n) is 11.5. The van der Waals surface area contributed by atoms with Gasteiger partial charge in [0.05, 0.1) is 35.3 Å². The third-order valence-corrected chi connectivity index (χ3v) is 5.98. The standard InChI is InChI=1S/C27H26F3N5O3/c1-4-38-26(37)23-22(18-10-8-17(15-32)9-11-18)21(25(36)34(3)13-12-31)16(2)35(24(23)33)20-7-5-6-19(14-20)27(28,29)30/h5-14,22H,4,31,33H2,1-3H3/b13-12-. The number of allylic oxidation sites excluding steroid dienone is 1. The first-order chi connectivity index (χ1) is 18.0. The van der Waals surface area contributed by atoms with Crippen LogP contribution in [0.3, 0.4) is 0 Å². The van der Waals surface area contributed by atoms with Gasteiger partial charge in [-0.25, -0.2) is 4.79 Å². The van der Waals surface area contributed by atoms with Gasteiger partial charge in [-0.2, -0.15) is 18.4 Å². The lowest BCUT2D eigenvalue weighted by molar-refractivity contribution is -0.139. The fourth-order valence-corrected chi connectivity index (χ4v) is 4.26. The lowest BCUT2D eigenvalue weighted by Gasteiger charge is -2.38. The topological polar surface area (TPSA) is 126 Å². The van der Waals surface area contributed by atoms with Crippen molar-refractivity contribution in [1.82, 2.24) is 4.90 Å². The molecule has 0 saturated carbocycles. The number of nitrogens with zero attached hydrogens (tertiary/aromatic N) is 3. The fourth-order valence-electron chi connectivity index (χ4n) is 4.26. The highest BCUT2D eigenvalue weighted by molar-refractivity contribution is 6.04. The van der Waals surface area contributed by atoms with Crippen LogP contribution in [0.1, 0.15) is 36.5 Å². The Hall–Kier alpha value is -4.72. The molecule has 0 saturated heterocycles. The highest BCUT2D eigenvalue weighted by atomic mass is 19.4. The number of rotatable bonds is 6. The summed E-state index contributed by atoms with van der Waals surface area (Å²) in [5, 5.41) is 9.22. The van der Waals surface area contributed by atoms with Gasteiger partial charge in [-0.3, -0.25) is 4.79 Å². The summed E-state index contributed by atoms with van der Waals surface area (Å²) in [6.07, 6.45) is -2.19. The van der Waals surface area contributed by atoms with Gasteiger partial charge in [-0.05, 0) is 49.7 Å². The number of halogens is 3. The summed E-state index contributed by atoms with van der Waals surface area (Å²) < 4.78 is 45.8. The minimum absolute atomic E-state index is 0.00257. The molecular weight excluding hydrogens is 499 g/mol. The number of amides is 1. The number of anilines is 1. The van der Waals surface area contributed by atoms with Crippen LogP contribution in [0.5, 0.6) is 0 Å². The normalized spacial score (nSPS) is 16.0. The van der Waals surface area contributed by atoms with Gasteiger partial charge in [0.1, 0.15) is 5.82 Å². The zero-order valence-electron chi connectivity index (χ0n) is 20.9. The molecule has 8 nitrogen and oxygen atoms in total. The zero-order chi connectivity index (χ0) is 28.2. The van der Waals surface area contributed by atoms with E-state index in [0.29, 0.717) is 11.1 Å². The van der Waals surface area contributed by atoms with E-state index in [-0.39, 0.29) is 35.0 Å². The van der Waals surface area contributed by atoms with Crippen molar-refractivity contribution >= 4 is 17.6 Å². The van der Waals surface area contributed by atoms with Gasteiger partial charge in [0.15, 0.2) is 0 Å². The summed E-state index contributed by atoms with van der Waals surface area (Å²) in [7, 11) is 1.45. The summed E-state index contributed by atoms with van der Waals surface area (Å²) in [5.41, 5.74) is 12.0. The van der Waals surface area contributed by atoms with Crippen molar-refractivity contribution in [2.75, 3.05) is 18.6 Å². The van der Waals surface area contributed by atoms with E-state index in [4.69, 9.17) is 16.2 Å². The summed E-state index contributed by atoms with van der Waals surface area (Å²) in [4.78, 5) is 29.4. The minimum atomic E-state index is -4.64. The number of carbonyl (C=O) groups is 2. The van der Waals surface area contributed by atoms with E-state index in [9.17, 15) is 28.0 Å². The van der Waals surface area contributed by atoms with Crippen molar-refractivity contribution in [2.24, 2.45) is 11.5 Å². The average molecular weight is 526 g/mol. The second-order valence-electron chi connectivity index (χ2n) is 8.33. The van der Waals surface area contributed by atoms with Crippen molar-refractivity contribution in [3.05, 3.63) is 100 Å². The molecule has 1 heterocycles. The molecular formula is C27H26F3N5O3. The maximum Gasteiger partial charge on any atom is 0.416 e. The van der Waals surface area contributed by atoms with Gasteiger partial charge in [-0.1, -0.05) is 18.2 Å². The number of nitrogens with two attached hydrogens (primary N) is 2. The van der Waals surface area contributed by atoms with Crippen LogP contribution in [-0.2, 0) is 20.5 Å². The lowest BCUT2D eigenvalue weighted by Crippen LogP contribution is -2.41. The van der Waals surface area contributed by atoms with Crippen LogP contribution in [0.15, 0.2) is 83.6 Å². The smallest absolute Gasteiger partial charge is 0.416 e. The van der Waals surface area contributed by atoms with Crippen LogP contribution >= 0.6 is 0 Å². The van der Waals surface area contributed by atoms with Gasteiger partial charge in [0, 0.05) is 36.4 Å². The van der Waals surface area contributed by atoms with E-state index in [1.54, 1.807) is 19.1 Å². The minimum Gasteiger partial charge on any atom is -0.463 e. The zero-order valence-corrected chi connectivity index (χ0v) is 20.9. The Balaban J connectivity index is 2.38. The number of nitriles is 1. The van der Waals surface area contributed by atoms with Crippen molar-refractivity contribution in [2.45, 2.75) is 25.9 Å². The molecule has 38 heavy (non-hydrogen) atoms. The van der Waals surface area contributed by atoms with E-state index in [1.165, 1.54) is 54.2 Å². The van der Waals surface area contributed by atoms with Crippen LogP contribution in [0, 0.1) is 11.3 Å². The molecule has 2 aromatic rings. The molecule has 198 valence electrons. The summed E-state index contributed by atoms with van der Waals surface area (Å²) in [6, 6.07) is 12.6. The molecule has 1 unspecified atom stereocenters. The van der Waals surface area contributed by atoms with Gasteiger partial charge >= 0.3 is 12.1 Å². The van der Waals surface area contributed by atoms with Crippen LogP contribution < -0.4 is 16.4 Å². The van der Waals surface area contributed by atoms with Crippen LogP contribution in [-0.4, -0.2) is 30.4 Å². The number of carbonyl (C=O) groups excluding carboxylic acids is 2. The van der Waals surface area contributed by atoms with E-state index in [1.807, 2.05) is 6.07 Å². The van der Waals surface area contributed by atoms with Crippen molar-refractivity contribution in [1.29, 1.82) is 5.26 Å². The molecule has 0 aromatic heterocycles. The van der Waals surface area contributed by atoms with E-state index < -0.39 is 29.5 Å². The second kappa shape index (κ2) is 11.1. The summed E-state index contributed by atoms with van der Waals surface area (Å²) in [5.74, 6) is -2.66. The molecule has 0 fully saturated rings. The van der Waals surface area contributed by atoms with Crippen LogP contribution in [0.25, 0.3) is 0 Å². The molecule has 3 rings (SSSR count). The third-order valence-electron chi connectivity index (χ3n) is 5.98. The van der Waals surface area contributed by atoms with E-state index in [2.05, 4.69) is 0 Å². The number of likely N-dealkylation sites (N-methyl/N-ethyl adjacent to an activating group) is 1. The number of hydrogen-bond donors (Lipinski definition) is 2. The SMILES string of the molecule is CCOC(=O)C1=C(N)N(c2cccc(C(F)(F)F)c2)C(C)=C(C(=O)N(C)/C=C\N)C1c1ccc(C#N)cc1.